The summed E-state index contributed by atoms with van der Waals surface area (Å²) < 4.78 is 44.4. The van der Waals surface area contributed by atoms with Gasteiger partial charge in [0.25, 0.3) is 0 Å². The minimum Gasteiger partial charge on any atom is -0.497 e. The number of ether oxygens (including phenoxy) is 1. The minimum absolute atomic E-state index is 0.0992. The Labute approximate surface area is 109 Å². The molecule has 0 fully saturated rings. The Morgan fingerprint density at radius 3 is 2.67 bits per heavy atom. The lowest BCUT2D eigenvalue weighted by atomic mass is 10.3. The van der Waals surface area contributed by atoms with E-state index < -0.39 is 11.9 Å². The second-order valence-electron chi connectivity index (χ2n) is 3.45. The fraction of sp³-hybridized carbons (Fsp3) is 0.182. The summed E-state index contributed by atoms with van der Waals surface area (Å²) in [6.45, 7) is 0. The molecule has 0 bridgehead atoms. The van der Waals surface area contributed by atoms with Gasteiger partial charge in [-0.25, -0.2) is 4.68 Å². The molecule has 0 N–H and O–H groups in total. The van der Waals surface area contributed by atoms with Gasteiger partial charge in [-0.2, -0.15) is 18.3 Å². The highest BCUT2D eigenvalue weighted by molar-refractivity contribution is 9.10. The van der Waals surface area contributed by atoms with Crippen LogP contribution in [0.2, 0.25) is 0 Å². The summed E-state index contributed by atoms with van der Waals surface area (Å²) in [4.78, 5) is 0. The molecule has 0 aliphatic rings. The highest BCUT2D eigenvalue weighted by Gasteiger charge is 2.38. The maximum atomic E-state index is 12.9. The number of aromatic nitrogens is 2. The van der Waals surface area contributed by atoms with Crippen molar-refractivity contribution < 1.29 is 17.9 Å². The molecule has 0 unspecified atom stereocenters. The lowest BCUT2D eigenvalue weighted by molar-refractivity contribution is -0.143. The van der Waals surface area contributed by atoms with E-state index in [2.05, 4.69) is 21.0 Å². The Hall–Kier alpha value is -1.50. The monoisotopic (exact) mass is 320 g/mol. The minimum atomic E-state index is -4.49. The average molecular weight is 321 g/mol. The van der Waals surface area contributed by atoms with E-state index in [-0.39, 0.29) is 10.2 Å². The first-order valence-corrected chi connectivity index (χ1v) is 5.68. The van der Waals surface area contributed by atoms with Crippen molar-refractivity contribution in [3.05, 3.63) is 40.6 Å². The topological polar surface area (TPSA) is 27.1 Å². The second kappa shape index (κ2) is 4.64. The van der Waals surface area contributed by atoms with Crippen molar-refractivity contribution in [1.82, 2.24) is 9.78 Å². The summed E-state index contributed by atoms with van der Waals surface area (Å²) in [6.07, 6.45) is -3.37. The van der Waals surface area contributed by atoms with Crippen molar-refractivity contribution in [2.75, 3.05) is 7.11 Å². The number of halogens is 4. The normalized spacial score (nSPS) is 11.6. The van der Waals surface area contributed by atoms with E-state index in [1.165, 1.54) is 19.2 Å². The van der Waals surface area contributed by atoms with Crippen LogP contribution < -0.4 is 4.74 Å². The fourth-order valence-electron chi connectivity index (χ4n) is 1.52. The molecule has 0 atom stereocenters. The van der Waals surface area contributed by atoms with Crippen LogP contribution in [0.25, 0.3) is 5.69 Å². The van der Waals surface area contributed by atoms with Crippen LogP contribution >= 0.6 is 15.9 Å². The number of alkyl halides is 3. The molecule has 7 heteroatoms. The summed E-state index contributed by atoms with van der Waals surface area (Å²) in [5.74, 6) is 0.465. The smallest absolute Gasteiger partial charge is 0.434 e. The quantitative estimate of drug-likeness (QED) is 0.844. The maximum Gasteiger partial charge on any atom is 0.434 e. The standard InChI is InChI=1S/C11H8BrF3N2O/c1-18-8-4-2-3-7(5-8)17-10(11(13,14)15)9(12)6-16-17/h2-6H,1H3. The molecule has 0 aliphatic carbocycles. The van der Waals surface area contributed by atoms with Crippen molar-refractivity contribution in [2.45, 2.75) is 6.18 Å². The lowest BCUT2D eigenvalue weighted by Gasteiger charge is -2.11. The SMILES string of the molecule is COc1cccc(-n2ncc(Br)c2C(F)(F)F)c1. The van der Waals surface area contributed by atoms with Crippen LogP contribution in [0.5, 0.6) is 5.75 Å². The van der Waals surface area contributed by atoms with E-state index >= 15 is 0 Å². The van der Waals surface area contributed by atoms with Gasteiger partial charge in [0.15, 0.2) is 5.69 Å². The number of benzene rings is 1. The molecule has 96 valence electrons. The molecule has 0 aliphatic heterocycles. The van der Waals surface area contributed by atoms with Gasteiger partial charge in [-0.3, -0.25) is 0 Å². The van der Waals surface area contributed by atoms with Gasteiger partial charge in [-0.15, -0.1) is 0 Å². The zero-order valence-corrected chi connectivity index (χ0v) is 10.8. The largest absolute Gasteiger partial charge is 0.497 e. The Morgan fingerprint density at radius 2 is 2.06 bits per heavy atom. The van der Waals surface area contributed by atoms with Gasteiger partial charge in [0.2, 0.25) is 0 Å². The fourth-order valence-corrected chi connectivity index (χ4v) is 2.01. The number of methoxy groups -OCH3 is 1. The van der Waals surface area contributed by atoms with E-state index in [9.17, 15) is 13.2 Å². The van der Waals surface area contributed by atoms with Crippen molar-refractivity contribution in [2.24, 2.45) is 0 Å². The van der Waals surface area contributed by atoms with Gasteiger partial charge < -0.3 is 4.74 Å². The van der Waals surface area contributed by atoms with Gasteiger partial charge in [0.1, 0.15) is 5.75 Å². The maximum absolute atomic E-state index is 12.9. The Bertz CT molecular complexity index is 566. The zero-order chi connectivity index (χ0) is 13.3. The van der Waals surface area contributed by atoms with Gasteiger partial charge in [-0.1, -0.05) is 6.07 Å². The van der Waals surface area contributed by atoms with Crippen molar-refractivity contribution in [1.29, 1.82) is 0 Å². The van der Waals surface area contributed by atoms with Crippen molar-refractivity contribution >= 4 is 15.9 Å². The number of nitrogens with zero attached hydrogens (tertiary/aromatic N) is 2. The van der Waals surface area contributed by atoms with Crippen LogP contribution in [-0.2, 0) is 6.18 Å². The summed E-state index contributed by atoms with van der Waals surface area (Å²) in [5.41, 5.74) is -0.567. The molecule has 18 heavy (non-hydrogen) atoms. The molecule has 2 rings (SSSR count). The molecule has 0 radical (unpaired) electrons. The predicted molar refractivity (Wildman–Crippen MR) is 62.8 cm³/mol. The molecule has 0 amide bonds. The molecule has 0 spiro atoms. The Balaban J connectivity index is 2.57. The van der Waals surface area contributed by atoms with Crippen LogP contribution in [0.4, 0.5) is 13.2 Å². The van der Waals surface area contributed by atoms with Gasteiger partial charge in [0, 0.05) is 6.07 Å². The number of hydrogen-bond acceptors (Lipinski definition) is 2. The molecule has 0 saturated carbocycles. The summed E-state index contributed by atoms with van der Waals surface area (Å²) in [6, 6.07) is 6.26. The third-order valence-electron chi connectivity index (χ3n) is 2.29. The first-order chi connectivity index (χ1) is 8.43. The molecular formula is C11H8BrF3N2O. The highest BCUT2D eigenvalue weighted by Crippen LogP contribution is 2.36. The first kappa shape index (κ1) is 12.9. The van der Waals surface area contributed by atoms with Crippen molar-refractivity contribution in [3.63, 3.8) is 0 Å². The molecule has 0 saturated heterocycles. The van der Waals surface area contributed by atoms with E-state index in [0.717, 1.165) is 10.9 Å². The zero-order valence-electron chi connectivity index (χ0n) is 9.20. The van der Waals surface area contributed by atoms with E-state index in [1.54, 1.807) is 12.1 Å². The Kier molecular flexibility index (Phi) is 3.34. The highest BCUT2D eigenvalue weighted by atomic mass is 79.9. The third kappa shape index (κ3) is 2.35. The van der Waals surface area contributed by atoms with Crippen LogP contribution in [0.15, 0.2) is 34.9 Å². The lowest BCUT2D eigenvalue weighted by Crippen LogP contribution is -2.13. The number of rotatable bonds is 2. The third-order valence-corrected chi connectivity index (χ3v) is 2.87. The van der Waals surface area contributed by atoms with Crippen LogP contribution in [0, 0.1) is 0 Å². The average Bonchev–Trinajstić information content (AvgIpc) is 2.71. The van der Waals surface area contributed by atoms with Crippen molar-refractivity contribution in [3.8, 4) is 11.4 Å². The van der Waals surface area contributed by atoms with E-state index in [4.69, 9.17) is 4.74 Å². The number of hydrogen-bond donors (Lipinski definition) is 0. The molecule has 1 heterocycles. The molecule has 2 aromatic rings. The van der Waals surface area contributed by atoms with Crippen LogP contribution in [0.1, 0.15) is 5.69 Å². The molecule has 3 nitrogen and oxygen atoms in total. The first-order valence-electron chi connectivity index (χ1n) is 4.88. The predicted octanol–water partition coefficient (Wildman–Crippen LogP) is 3.66. The van der Waals surface area contributed by atoms with Gasteiger partial charge in [-0.05, 0) is 28.1 Å². The van der Waals surface area contributed by atoms with E-state index in [0.29, 0.717) is 5.75 Å². The van der Waals surface area contributed by atoms with Gasteiger partial charge >= 0.3 is 6.18 Å². The van der Waals surface area contributed by atoms with Gasteiger partial charge in [0.05, 0.1) is 23.5 Å². The molecule has 1 aromatic carbocycles. The molecular weight excluding hydrogens is 313 g/mol. The summed E-state index contributed by atoms with van der Waals surface area (Å²) in [7, 11) is 1.45. The van der Waals surface area contributed by atoms with Crippen LogP contribution in [0.3, 0.4) is 0 Å². The molecule has 1 aromatic heterocycles. The summed E-state index contributed by atoms with van der Waals surface area (Å²) >= 11 is 2.85. The van der Waals surface area contributed by atoms with E-state index in [1.807, 2.05) is 0 Å². The van der Waals surface area contributed by atoms with Crippen LogP contribution in [-0.4, -0.2) is 16.9 Å². The summed E-state index contributed by atoms with van der Waals surface area (Å²) in [5, 5.41) is 3.72. The Morgan fingerprint density at radius 1 is 1.33 bits per heavy atom. The second-order valence-corrected chi connectivity index (χ2v) is 4.31.